The molecule has 0 aromatic carbocycles. The van der Waals surface area contributed by atoms with E-state index < -0.39 is 10.0 Å². The van der Waals surface area contributed by atoms with E-state index in [2.05, 4.69) is 4.98 Å². The number of piperidine rings is 1. The van der Waals surface area contributed by atoms with Crippen LogP contribution in [-0.4, -0.2) is 42.2 Å². The minimum absolute atomic E-state index is 0.0234. The molecule has 2 heterocycles. The van der Waals surface area contributed by atoms with Gasteiger partial charge in [-0.15, -0.1) is 0 Å². The van der Waals surface area contributed by atoms with E-state index in [1.165, 1.54) is 0 Å². The summed E-state index contributed by atoms with van der Waals surface area (Å²) in [7, 11) is -3.12. The van der Waals surface area contributed by atoms with Crippen LogP contribution in [0.2, 0.25) is 0 Å². The van der Waals surface area contributed by atoms with Crippen LogP contribution in [0.25, 0.3) is 0 Å². The maximum atomic E-state index is 12.3. The summed E-state index contributed by atoms with van der Waals surface area (Å²) in [6, 6.07) is 5.77. The molecule has 2 aliphatic rings. The van der Waals surface area contributed by atoms with Crippen molar-refractivity contribution in [1.82, 2.24) is 9.29 Å². The van der Waals surface area contributed by atoms with Crippen molar-refractivity contribution in [3.8, 4) is 0 Å². The SMILES string of the molecule is CCCS(=O)(=O)N1C[C@H]2CC[C@@H]1[C@@H]2OCc1ccccn1. The third-order valence-electron chi connectivity index (χ3n) is 4.43. The van der Waals surface area contributed by atoms with Gasteiger partial charge in [-0.1, -0.05) is 13.0 Å². The van der Waals surface area contributed by atoms with E-state index in [1.54, 1.807) is 10.5 Å². The molecule has 1 saturated heterocycles. The first kappa shape index (κ1) is 14.9. The molecule has 1 aromatic heterocycles. The Hall–Kier alpha value is -0.980. The lowest BCUT2D eigenvalue weighted by atomic mass is 10.1. The second-order valence-corrected chi connectivity index (χ2v) is 7.93. The van der Waals surface area contributed by atoms with Gasteiger partial charge in [0.25, 0.3) is 0 Å². The number of pyridine rings is 1. The third kappa shape index (κ3) is 2.98. The van der Waals surface area contributed by atoms with Gasteiger partial charge in [0, 0.05) is 18.7 Å². The second-order valence-electron chi connectivity index (χ2n) is 5.89. The predicted octanol–water partition coefficient (Wildman–Crippen LogP) is 1.80. The van der Waals surface area contributed by atoms with Gasteiger partial charge < -0.3 is 4.74 Å². The zero-order valence-electron chi connectivity index (χ0n) is 12.3. The molecule has 0 radical (unpaired) electrons. The minimum Gasteiger partial charge on any atom is -0.370 e. The maximum absolute atomic E-state index is 12.3. The average Bonchev–Trinajstić information content (AvgIpc) is 3.03. The Morgan fingerprint density at radius 1 is 1.38 bits per heavy atom. The summed E-state index contributed by atoms with van der Waals surface area (Å²) in [5, 5.41) is 0. The number of fused-ring (bicyclic) bond motifs is 2. The highest BCUT2D eigenvalue weighted by molar-refractivity contribution is 7.89. The summed E-state index contributed by atoms with van der Waals surface area (Å²) in [5.41, 5.74) is 0.895. The lowest BCUT2D eigenvalue weighted by molar-refractivity contribution is 0.0200. The predicted molar refractivity (Wildman–Crippen MR) is 80.1 cm³/mol. The van der Waals surface area contributed by atoms with E-state index in [9.17, 15) is 8.42 Å². The van der Waals surface area contributed by atoms with Gasteiger partial charge in [0.2, 0.25) is 10.0 Å². The molecular formula is C15H22N2O3S. The number of hydrogen-bond donors (Lipinski definition) is 0. The zero-order chi connectivity index (χ0) is 14.9. The Balaban J connectivity index is 1.66. The molecule has 21 heavy (non-hydrogen) atoms. The van der Waals surface area contributed by atoms with Gasteiger partial charge in [-0.05, 0) is 31.4 Å². The number of aromatic nitrogens is 1. The molecule has 5 nitrogen and oxygen atoms in total. The topological polar surface area (TPSA) is 59.5 Å². The summed E-state index contributed by atoms with van der Waals surface area (Å²) in [6.07, 6.45) is 4.42. The van der Waals surface area contributed by atoms with Crippen LogP contribution >= 0.6 is 0 Å². The molecule has 3 atom stereocenters. The summed E-state index contributed by atoms with van der Waals surface area (Å²) in [4.78, 5) is 4.25. The lowest BCUT2D eigenvalue weighted by Crippen LogP contribution is -2.41. The second kappa shape index (κ2) is 6.02. The van der Waals surface area contributed by atoms with Crippen LogP contribution in [0.1, 0.15) is 31.9 Å². The number of sulfonamides is 1. The Morgan fingerprint density at radius 3 is 2.95 bits per heavy atom. The van der Waals surface area contributed by atoms with Crippen LogP contribution in [0.15, 0.2) is 24.4 Å². The largest absolute Gasteiger partial charge is 0.370 e. The van der Waals surface area contributed by atoms with Gasteiger partial charge in [0.15, 0.2) is 0 Å². The quantitative estimate of drug-likeness (QED) is 0.804. The van der Waals surface area contributed by atoms with E-state index in [0.717, 1.165) is 18.5 Å². The van der Waals surface area contributed by atoms with E-state index in [0.29, 0.717) is 25.5 Å². The van der Waals surface area contributed by atoms with Gasteiger partial charge in [-0.2, -0.15) is 4.31 Å². The van der Waals surface area contributed by atoms with E-state index in [-0.39, 0.29) is 17.9 Å². The fraction of sp³-hybridized carbons (Fsp3) is 0.667. The molecule has 6 heteroatoms. The molecule has 1 saturated carbocycles. The first-order valence-electron chi connectivity index (χ1n) is 7.63. The highest BCUT2D eigenvalue weighted by atomic mass is 32.2. The Kier molecular flexibility index (Phi) is 4.28. The van der Waals surface area contributed by atoms with Crippen molar-refractivity contribution in [1.29, 1.82) is 0 Å². The molecule has 2 bridgehead atoms. The van der Waals surface area contributed by atoms with Crippen LogP contribution in [0.5, 0.6) is 0 Å². The molecule has 1 aliphatic carbocycles. The monoisotopic (exact) mass is 310 g/mol. The first-order chi connectivity index (χ1) is 10.1. The summed E-state index contributed by atoms with van der Waals surface area (Å²) in [6.45, 7) is 2.99. The Bertz CT molecular complexity index is 576. The fourth-order valence-electron chi connectivity index (χ4n) is 3.50. The number of rotatable bonds is 6. The molecule has 0 unspecified atom stereocenters. The van der Waals surface area contributed by atoms with Gasteiger partial charge in [0.05, 0.1) is 30.2 Å². The minimum atomic E-state index is -3.12. The molecule has 1 aliphatic heterocycles. The molecule has 116 valence electrons. The number of hydrogen-bond acceptors (Lipinski definition) is 4. The third-order valence-corrected chi connectivity index (χ3v) is 6.49. The molecule has 1 aromatic rings. The average molecular weight is 310 g/mol. The van der Waals surface area contributed by atoms with Gasteiger partial charge in [-0.3, -0.25) is 4.98 Å². The summed E-state index contributed by atoms with van der Waals surface area (Å²) in [5.74, 6) is 0.578. The molecule has 3 rings (SSSR count). The molecule has 2 fully saturated rings. The zero-order valence-corrected chi connectivity index (χ0v) is 13.1. The Labute approximate surface area is 126 Å². The van der Waals surface area contributed by atoms with Crippen molar-refractivity contribution in [3.63, 3.8) is 0 Å². The molecule has 0 N–H and O–H groups in total. The lowest BCUT2D eigenvalue weighted by Gasteiger charge is -2.26. The number of ether oxygens (including phenoxy) is 1. The highest BCUT2D eigenvalue weighted by Crippen LogP contribution is 2.41. The van der Waals surface area contributed by atoms with Crippen molar-refractivity contribution in [2.24, 2.45) is 5.92 Å². The van der Waals surface area contributed by atoms with Gasteiger partial charge in [0.1, 0.15) is 0 Å². The summed E-state index contributed by atoms with van der Waals surface area (Å²) < 4.78 is 32.3. The normalized spacial score (nSPS) is 29.1. The summed E-state index contributed by atoms with van der Waals surface area (Å²) >= 11 is 0. The van der Waals surface area contributed by atoms with Crippen molar-refractivity contribution < 1.29 is 13.2 Å². The first-order valence-corrected chi connectivity index (χ1v) is 9.24. The number of nitrogens with zero attached hydrogens (tertiary/aromatic N) is 2. The molecule has 0 spiro atoms. The van der Waals surface area contributed by atoms with Crippen LogP contribution in [0.3, 0.4) is 0 Å². The van der Waals surface area contributed by atoms with Crippen molar-refractivity contribution in [2.45, 2.75) is 44.9 Å². The van der Waals surface area contributed by atoms with Crippen molar-refractivity contribution in [3.05, 3.63) is 30.1 Å². The van der Waals surface area contributed by atoms with Crippen LogP contribution < -0.4 is 0 Å². The van der Waals surface area contributed by atoms with Crippen molar-refractivity contribution >= 4 is 10.0 Å². The van der Waals surface area contributed by atoms with Crippen LogP contribution in [0.4, 0.5) is 0 Å². The van der Waals surface area contributed by atoms with E-state index in [1.807, 2.05) is 25.1 Å². The standard InChI is InChI=1S/C15H22N2O3S/c1-2-9-21(18,19)17-10-12-6-7-14(17)15(12)20-11-13-5-3-4-8-16-13/h3-5,8,12,14-15H,2,6-7,9-11H2,1H3/t12-,14-,15-/m1/s1. The van der Waals surface area contributed by atoms with Crippen LogP contribution in [0, 0.1) is 5.92 Å². The van der Waals surface area contributed by atoms with E-state index >= 15 is 0 Å². The van der Waals surface area contributed by atoms with Gasteiger partial charge >= 0.3 is 0 Å². The van der Waals surface area contributed by atoms with Crippen molar-refractivity contribution in [2.75, 3.05) is 12.3 Å². The molecule has 0 amide bonds. The van der Waals surface area contributed by atoms with E-state index in [4.69, 9.17) is 4.74 Å². The Morgan fingerprint density at radius 2 is 2.24 bits per heavy atom. The van der Waals surface area contributed by atoms with Crippen LogP contribution in [-0.2, 0) is 21.4 Å². The van der Waals surface area contributed by atoms with Gasteiger partial charge in [-0.25, -0.2) is 8.42 Å². The molecular weight excluding hydrogens is 288 g/mol. The fourth-order valence-corrected chi connectivity index (χ4v) is 5.31. The maximum Gasteiger partial charge on any atom is 0.214 e. The smallest absolute Gasteiger partial charge is 0.214 e. The highest BCUT2D eigenvalue weighted by Gasteiger charge is 2.51.